The zero-order valence-corrected chi connectivity index (χ0v) is 7.86. The van der Waals surface area contributed by atoms with Crippen molar-refractivity contribution in [1.82, 2.24) is 10.2 Å². The Balaban J connectivity index is 2.68. The van der Waals surface area contributed by atoms with Crippen LogP contribution in [0.5, 0.6) is 0 Å². The predicted octanol–water partition coefficient (Wildman–Crippen LogP) is -0.0882. The van der Waals surface area contributed by atoms with Gasteiger partial charge in [-0.05, 0) is 6.07 Å². The van der Waals surface area contributed by atoms with Crippen LogP contribution in [0.3, 0.4) is 0 Å². The van der Waals surface area contributed by atoms with Gasteiger partial charge in [-0.25, -0.2) is 4.79 Å². The largest absolute Gasteiger partial charge is 0.469 e. The Morgan fingerprint density at radius 2 is 2.14 bits per heavy atom. The first-order chi connectivity index (χ1) is 6.67. The van der Waals surface area contributed by atoms with E-state index in [1.165, 1.54) is 20.3 Å². The number of nitrogens with zero attached hydrogens (tertiary/aromatic N) is 1. The Hall–Kier alpha value is -1.85. The molecule has 0 aliphatic heterocycles. The molecule has 76 valence electrons. The van der Waals surface area contributed by atoms with Gasteiger partial charge in [0.15, 0.2) is 5.69 Å². The number of hydrogen-bond acceptors (Lipinski definition) is 5. The van der Waals surface area contributed by atoms with Crippen molar-refractivity contribution in [3.05, 3.63) is 17.5 Å². The van der Waals surface area contributed by atoms with Crippen LogP contribution in [0.25, 0.3) is 0 Å². The summed E-state index contributed by atoms with van der Waals surface area (Å²) < 4.78 is 8.89. The monoisotopic (exact) mass is 198 g/mol. The molecule has 0 amide bonds. The van der Waals surface area contributed by atoms with Crippen LogP contribution in [0, 0.1) is 0 Å². The highest BCUT2D eigenvalue weighted by atomic mass is 16.5. The Bertz CT molecular complexity index is 345. The molecule has 1 heterocycles. The quantitative estimate of drug-likeness (QED) is 0.686. The minimum absolute atomic E-state index is 0.0560. The summed E-state index contributed by atoms with van der Waals surface area (Å²) in [6, 6.07) is 1.45. The number of hydrogen-bond donors (Lipinski definition) is 1. The van der Waals surface area contributed by atoms with Gasteiger partial charge in [0.1, 0.15) is 0 Å². The third-order valence-corrected chi connectivity index (χ3v) is 1.59. The zero-order chi connectivity index (χ0) is 10.6. The third-order valence-electron chi connectivity index (χ3n) is 1.59. The van der Waals surface area contributed by atoms with Crippen LogP contribution < -0.4 is 0 Å². The second kappa shape index (κ2) is 4.40. The number of methoxy groups -OCH3 is 2. The topological polar surface area (TPSA) is 81.3 Å². The highest BCUT2D eigenvalue weighted by Crippen LogP contribution is 2.02. The molecule has 0 unspecified atom stereocenters. The number of esters is 2. The fraction of sp³-hybridized carbons (Fsp3) is 0.375. The van der Waals surface area contributed by atoms with Gasteiger partial charge in [0.2, 0.25) is 0 Å². The third kappa shape index (κ3) is 2.32. The smallest absolute Gasteiger partial charge is 0.358 e. The van der Waals surface area contributed by atoms with Gasteiger partial charge in [-0.1, -0.05) is 0 Å². The van der Waals surface area contributed by atoms with Crippen LogP contribution in [-0.4, -0.2) is 36.4 Å². The van der Waals surface area contributed by atoms with Gasteiger partial charge < -0.3 is 9.47 Å². The first kappa shape index (κ1) is 10.2. The molecule has 6 nitrogen and oxygen atoms in total. The number of nitrogens with one attached hydrogen (secondary N) is 1. The van der Waals surface area contributed by atoms with E-state index in [0.29, 0.717) is 5.69 Å². The fourth-order valence-corrected chi connectivity index (χ4v) is 0.889. The van der Waals surface area contributed by atoms with Crippen LogP contribution in [0.1, 0.15) is 16.2 Å². The van der Waals surface area contributed by atoms with Gasteiger partial charge in [-0.2, -0.15) is 5.10 Å². The number of aromatic amines is 1. The maximum atomic E-state index is 11.0. The molecule has 1 aromatic heterocycles. The molecule has 0 saturated carbocycles. The zero-order valence-electron chi connectivity index (χ0n) is 7.86. The summed E-state index contributed by atoms with van der Waals surface area (Å²) in [5, 5.41) is 6.20. The van der Waals surface area contributed by atoms with Crippen LogP contribution in [0.15, 0.2) is 6.07 Å². The Kier molecular flexibility index (Phi) is 3.22. The van der Waals surface area contributed by atoms with Crippen molar-refractivity contribution in [3.63, 3.8) is 0 Å². The molecule has 0 atom stereocenters. The van der Waals surface area contributed by atoms with E-state index >= 15 is 0 Å². The van der Waals surface area contributed by atoms with E-state index in [1.807, 2.05) is 0 Å². The molecule has 1 rings (SSSR count). The molecular formula is C8H10N2O4. The lowest BCUT2D eigenvalue weighted by Crippen LogP contribution is -2.04. The number of carbonyl (C=O) groups is 2. The average molecular weight is 198 g/mol. The molecule has 0 fully saturated rings. The van der Waals surface area contributed by atoms with Crippen LogP contribution in [0.2, 0.25) is 0 Å². The number of carbonyl (C=O) groups excluding carboxylic acids is 2. The fourth-order valence-electron chi connectivity index (χ4n) is 0.889. The Morgan fingerprint density at radius 3 is 2.71 bits per heavy atom. The molecule has 0 bridgehead atoms. The van der Waals surface area contributed by atoms with Gasteiger partial charge in [0.25, 0.3) is 0 Å². The second-order valence-electron chi connectivity index (χ2n) is 2.52. The van der Waals surface area contributed by atoms with Gasteiger partial charge in [-0.3, -0.25) is 9.89 Å². The number of H-pyrrole nitrogens is 1. The van der Waals surface area contributed by atoms with Crippen LogP contribution in [0.4, 0.5) is 0 Å². The van der Waals surface area contributed by atoms with Crippen molar-refractivity contribution in [2.24, 2.45) is 0 Å². The lowest BCUT2D eigenvalue weighted by molar-refractivity contribution is -0.139. The van der Waals surface area contributed by atoms with Gasteiger partial charge in [0.05, 0.1) is 20.6 Å². The molecule has 0 spiro atoms. The van der Waals surface area contributed by atoms with Gasteiger partial charge >= 0.3 is 11.9 Å². The van der Waals surface area contributed by atoms with Gasteiger partial charge in [-0.15, -0.1) is 0 Å². The standard InChI is InChI=1S/C8H10N2O4/c1-13-7(11)4-5-3-6(10-9-5)8(12)14-2/h3H,4H2,1-2H3,(H,9,10). The summed E-state index contributed by atoms with van der Waals surface area (Å²) in [6.07, 6.45) is 0.0560. The molecular weight excluding hydrogens is 188 g/mol. The van der Waals surface area contributed by atoms with E-state index in [4.69, 9.17) is 0 Å². The predicted molar refractivity (Wildman–Crippen MR) is 45.6 cm³/mol. The van der Waals surface area contributed by atoms with E-state index in [-0.39, 0.29) is 12.1 Å². The summed E-state index contributed by atoms with van der Waals surface area (Å²) in [7, 11) is 2.55. The van der Waals surface area contributed by atoms with E-state index in [2.05, 4.69) is 19.7 Å². The highest BCUT2D eigenvalue weighted by molar-refractivity contribution is 5.87. The molecule has 0 saturated heterocycles. The van der Waals surface area contributed by atoms with E-state index in [9.17, 15) is 9.59 Å². The van der Waals surface area contributed by atoms with E-state index in [0.717, 1.165) is 0 Å². The molecule has 0 aromatic carbocycles. The van der Waals surface area contributed by atoms with Crippen LogP contribution >= 0.6 is 0 Å². The van der Waals surface area contributed by atoms with Gasteiger partial charge in [0, 0.05) is 5.69 Å². The maximum Gasteiger partial charge on any atom is 0.358 e. The number of aromatic nitrogens is 2. The molecule has 0 aliphatic rings. The first-order valence-corrected chi connectivity index (χ1v) is 3.86. The molecule has 1 aromatic rings. The lowest BCUT2D eigenvalue weighted by atomic mass is 10.3. The van der Waals surface area contributed by atoms with Crippen molar-refractivity contribution in [3.8, 4) is 0 Å². The second-order valence-corrected chi connectivity index (χ2v) is 2.52. The summed E-state index contributed by atoms with van der Waals surface area (Å²) >= 11 is 0. The minimum atomic E-state index is -0.544. The SMILES string of the molecule is COC(=O)Cc1cc(C(=O)OC)n[nH]1. The molecule has 0 aliphatic carbocycles. The number of ether oxygens (including phenoxy) is 2. The van der Waals surface area contributed by atoms with Crippen molar-refractivity contribution < 1.29 is 19.1 Å². The average Bonchev–Trinajstić information content (AvgIpc) is 2.65. The van der Waals surface area contributed by atoms with Crippen molar-refractivity contribution in [2.45, 2.75) is 6.42 Å². The highest BCUT2D eigenvalue weighted by Gasteiger charge is 2.12. The number of rotatable bonds is 3. The maximum absolute atomic E-state index is 11.0. The summed E-state index contributed by atoms with van der Waals surface area (Å²) in [5.74, 6) is -0.942. The lowest BCUT2D eigenvalue weighted by Gasteiger charge is -1.93. The van der Waals surface area contributed by atoms with Crippen molar-refractivity contribution >= 4 is 11.9 Å². The van der Waals surface area contributed by atoms with E-state index < -0.39 is 11.9 Å². The minimum Gasteiger partial charge on any atom is -0.469 e. The van der Waals surface area contributed by atoms with Crippen molar-refractivity contribution in [2.75, 3.05) is 14.2 Å². The summed E-state index contributed by atoms with van der Waals surface area (Å²) in [6.45, 7) is 0. The van der Waals surface area contributed by atoms with Crippen LogP contribution in [-0.2, 0) is 20.7 Å². The Labute approximate surface area is 80.2 Å². The normalized spacial score (nSPS) is 9.57. The molecule has 1 N–H and O–H groups in total. The Morgan fingerprint density at radius 1 is 1.43 bits per heavy atom. The first-order valence-electron chi connectivity index (χ1n) is 3.86. The molecule has 0 radical (unpaired) electrons. The molecule has 14 heavy (non-hydrogen) atoms. The van der Waals surface area contributed by atoms with E-state index in [1.54, 1.807) is 0 Å². The summed E-state index contributed by atoms with van der Waals surface area (Å²) in [4.78, 5) is 21.8. The molecule has 6 heteroatoms. The summed E-state index contributed by atoms with van der Waals surface area (Å²) in [5.41, 5.74) is 0.656. The van der Waals surface area contributed by atoms with Crippen molar-refractivity contribution in [1.29, 1.82) is 0 Å².